The minimum atomic E-state index is -0.0332. The summed E-state index contributed by atoms with van der Waals surface area (Å²) in [6, 6.07) is 0. The van der Waals surface area contributed by atoms with E-state index < -0.39 is 0 Å². The molecule has 0 aliphatic carbocycles. The topological polar surface area (TPSA) is 57.8 Å². The number of imidazole rings is 1. The monoisotopic (exact) mass is 225 g/mol. The van der Waals surface area contributed by atoms with Crippen LogP contribution in [0.4, 0.5) is 0 Å². The van der Waals surface area contributed by atoms with E-state index in [2.05, 4.69) is 21.5 Å². The predicted octanol–water partition coefficient (Wildman–Crippen LogP) is 0.991. The number of aromatic amines is 1. The van der Waals surface area contributed by atoms with Gasteiger partial charge in [-0.3, -0.25) is 4.79 Å². The fraction of sp³-hybridized carbons (Fsp3) is 0.600. The standard InChI is InChI=1S/C10H15N3OS/c1-15-6-4-8-12-7-3-2-5-11-10(14)9(7)13-8/h2-6H2,1H3,(H,11,14)(H,12,13). The molecule has 0 aromatic carbocycles. The quantitative estimate of drug-likeness (QED) is 0.806. The maximum atomic E-state index is 11.6. The zero-order chi connectivity index (χ0) is 10.7. The number of H-pyrrole nitrogens is 1. The Bertz CT molecular complexity index is 362. The van der Waals surface area contributed by atoms with Crippen LogP contribution in [-0.4, -0.2) is 34.4 Å². The zero-order valence-corrected chi connectivity index (χ0v) is 9.62. The van der Waals surface area contributed by atoms with Gasteiger partial charge in [-0.05, 0) is 19.1 Å². The second-order valence-electron chi connectivity index (χ2n) is 3.61. The van der Waals surface area contributed by atoms with Crippen molar-refractivity contribution in [1.29, 1.82) is 0 Å². The van der Waals surface area contributed by atoms with E-state index in [4.69, 9.17) is 0 Å². The third-order valence-corrected chi connectivity index (χ3v) is 3.09. The van der Waals surface area contributed by atoms with Gasteiger partial charge >= 0.3 is 0 Å². The van der Waals surface area contributed by atoms with E-state index in [1.807, 2.05) is 0 Å². The molecule has 15 heavy (non-hydrogen) atoms. The minimum absolute atomic E-state index is 0.0332. The highest BCUT2D eigenvalue weighted by Crippen LogP contribution is 2.12. The number of nitrogens with zero attached hydrogens (tertiary/aromatic N) is 1. The molecule has 2 heterocycles. The number of amides is 1. The van der Waals surface area contributed by atoms with Crippen molar-refractivity contribution in [2.75, 3.05) is 18.6 Å². The lowest BCUT2D eigenvalue weighted by molar-refractivity contribution is 0.0951. The van der Waals surface area contributed by atoms with Crippen LogP contribution in [0, 0.1) is 0 Å². The van der Waals surface area contributed by atoms with Gasteiger partial charge < -0.3 is 10.3 Å². The summed E-state index contributed by atoms with van der Waals surface area (Å²) in [6.07, 6.45) is 4.88. The average molecular weight is 225 g/mol. The van der Waals surface area contributed by atoms with Crippen molar-refractivity contribution in [2.45, 2.75) is 19.3 Å². The Kier molecular flexibility index (Phi) is 3.30. The first-order valence-corrected chi connectivity index (χ1v) is 6.55. The molecule has 1 amide bonds. The lowest BCUT2D eigenvalue weighted by Gasteiger charge is -1.96. The third kappa shape index (κ3) is 2.34. The number of thioether (sulfide) groups is 1. The lowest BCUT2D eigenvalue weighted by atomic mass is 10.2. The summed E-state index contributed by atoms with van der Waals surface area (Å²) in [6.45, 7) is 0.753. The van der Waals surface area contributed by atoms with Crippen LogP contribution in [0.1, 0.15) is 28.4 Å². The molecule has 0 bridgehead atoms. The second-order valence-corrected chi connectivity index (χ2v) is 4.60. The third-order valence-electron chi connectivity index (χ3n) is 2.47. The largest absolute Gasteiger partial charge is 0.351 e. The molecule has 0 fully saturated rings. The lowest BCUT2D eigenvalue weighted by Crippen LogP contribution is -2.23. The molecule has 1 aromatic heterocycles. The Balaban J connectivity index is 2.18. The van der Waals surface area contributed by atoms with Gasteiger partial charge in [0.15, 0.2) is 0 Å². The van der Waals surface area contributed by atoms with Crippen molar-refractivity contribution in [3.8, 4) is 0 Å². The van der Waals surface area contributed by atoms with Crippen LogP contribution in [-0.2, 0) is 12.8 Å². The average Bonchev–Trinajstić information content (AvgIpc) is 2.57. The molecule has 4 nitrogen and oxygen atoms in total. The molecule has 0 unspecified atom stereocenters. The van der Waals surface area contributed by atoms with E-state index in [1.165, 1.54) is 0 Å². The van der Waals surface area contributed by atoms with Crippen LogP contribution < -0.4 is 5.32 Å². The van der Waals surface area contributed by atoms with Crippen LogP contribution >= 0.6 is 11.8 Å². The van der Waals surface area contributed by atoms with Gasteiger partial charge in [0.05, 0.1) is 0 Å². The number of nitrogens with one attached hydrogen (secondary N) is 2. The highest BCUT2D eigenvalue weighted by atomic mass is 32.2. The SMILES string of the molecule is CSCCc1nc2c([nH]1)CCCNC2=O. The maximum Gasteiger partial charge on any atom is 0.271 e. The van der Waals surface area contributed by atoms with Crippen LogP contribution in [0.2, 0.25) is 0 Å². The van der Waals surface area contributed by atoms with Crippen molar-refractivity contribution in [3.63, 3.8) is 0 Å². The van der Waals surface area contributed by atoms with Gasteiger partial charge in [-0.1, -0.05) is 0 Å². The Labute approximate surface area is 93.2 Å². The molecule has 1 aliphatic rings. The van der Waals surface area contributed by atoms with Crippen molar-refractivity contribution in [2.24, 2.45) is 0 Å². The van der Waals surface area contributed by atoms with Crippen LogP contribution in [0.3, 0.4) is 0 Å². The molecule has 0 saturated heterocycles. The molecule has 2 N–H and O–H groups in total. The maximum absolute atomic E-state index is 11.6. The molecule has 0 radical (unpaired) electrons. The number of aromatic nitrogens is 2. The van der Waals surface area contributed by atoms with Gasteiger partial charge in [0.25, 0.3) is 5.91 Å². The number of hydrogen-bond donors (Lipinski definition) is 2. The molecule has 1 aliphatic heterocycles. The second kappa shape index (κ2) is 4.70. The van der Waals surface area contributed by atoms with E-state index in [1.54, 1.807) is 11.8 Å². The zero-order valence-electron chi connectivity index (χ0n) is 8.80. The molecular weight excluding hydrogens is 210 g/mol. The number of fused-ring (bicyclic) bond motifs is 1. The first-order valence-electron chi connectivity index (χ1n) is 5.16. The normalized spacial score (nSPS) is 15.7. The van der Waals surface area contributed by atoms with E-state index in [-0.39, 0.29) is 5.91 Å². The van der Waals surface area contributed by atoms with Crippen molar-refractivity contribution < 1.29 is 4.79 Å². The number of hydrogen-bond acceptors (Lipinski definition) is 3. The van der Waals surface area contributed by atoms with Crippen molar-refractivity contribution >= 4 is 17.7 Å². The van der Waals surface area contributed by atoms with Gasteiger partial charge in [0, 0.05) is 24.4 Å². The molecule has 0 spiro atoms. The fourth-order valence-electron chi connectivity index (χ4n) is 1.70. The summed E-state index contributed by atoms with van der Waals surface area (Å²) in [4.78, 5) is 19.2. The van der Waals surface area contributed by atoms with Crippen molar-refractivity contribution in [3.05, 3.63) is 17.2 Å². The predicted molar refractivity (Wildman–Crippen MR) is 61.3 cm³/mol. The molecule has 1 aromatic rings. The molecule has 2 rings (SSSR count). The summed E-state index contributed by atoms with van der Waals surface area (Å²) >= 11 is 1.79. The minimum Gasteiger partial charge on any atom is -0.351 e. The number of carbonyl (C=O) groups is 1. The van der Waals surface area contributed by atoms with E-state index in [9.17, 15) is 4.79 Å². The Hall–Kier alpha value is -0.970. The summed E-state index contributed by atoms with van der Waals surface area (Å²) in [7, 11) is 0. The summed E-state index contributed by atoms with van der Waals surface area (Å²) < 4.78 is 0. The van der Waals surface area contributed by atoms with Crippen LogP contribution in [0.5, 0.6) is 0 Å². The molecule has 82 valence electrons. The highest BCUT2D eigenvalue weighted by Gasteiger charge is 2.19. The van der Waals surface area contributed by atoms with Crippen LogP contribution in [0.15, 0.2) is 0 Å². The Morgan fingerprint density at radius 3 is 3.20 bits per heavy atom. The molecule has 0 atom stereocenters. The summed E-state index contributed by atoms with van der Waals surface area (Å²) in [5.74, 6) is 1.94. The van der Waals surface area contributed by atoms with E-state index in [0.717, 1.165) is 43.1 Å². The highest BCUT2D eigenvalue weighted by molar-refractivity contribution is 7.98. The summed E-state index contributed by atoms with van der Waals surface area (Å²) in [5.41, 5.74) is 1.60. The van der Waals surface area contributed by atoms with Crippen molar-refractivity contribution in [1.82, 2.24) is 15.3 Å². The van der Waals surface area contributed by atoms with E-state index in [0.29, 0.717) is 5.69 Å². The Morgan fingerprint density at radius 1 is 1.53 bits per heavy atom. The van der Waals surface area contributed by atoms with E-state index >= 15 is 0 Å². The molecule has 0 saturated carbocycles. The van der Waals surface area contributed by atoms with Gasteiger partial charge in [0.1, 0.15) is 11.5 Å². The smallest absolute Gasteiger partial charge is 0.271 e. The van der Waals surface area contributed by atoms with Gasteiger partial charge in [-0.2, -0.15) is 11.8 Å². The van der Waals surface area contributed by atoms with Crippen LogP contribution in [0.25, 0.3) is 0 Å². The summed E-state index contributed by atoms with van der Waals surface area (Å²) in [5, 5.41) is 2.84. The first kappa shape index (κ1) is 10.5. The van der Waals surface area contributed by atoms with Gasteiger partial charge in [-0.25, -0.2) is 4.98 Å². The number of rotatable bonds is 3. The first-order chi connectivity index (χ1) is 7.31. The molecular formula is C10H15N3OS. The van der Waals surface area contributed by atoms with Gasteiger partial charge in [-0.15, -0.1) is 0 Å². The molecule has 5 heteroatoms. The Morgan fingerprint density at radius 2 is 2.40 bits per heavy atom. The van der Waals surface area contributed by atoms with Gasteiger partial charge in [0.2, 0.25) is 0 Å². The number of aryl methyl sites for hydroxylation is 2. The fourth-order valence-corrected chi connectivity index (χ4v) is 2.10. The number of carbonyl (C=O) groups excluding carboxylic acids is 1.